The molecule has 12 heteroatoms. The van der Waals surface area contributed by atoms with Gasteiger partial charge in [0.2, 0.25) is 0 Å². The number of aromatic amines is 1. The van der Waals surface area contributed by atoms with Crippen LogP contribution in [-0.4, -0.2) is 48.4 Å². The van der Waals surface area contributed by atoms with Gasteiger partial charge >= 0.3 is 13.0 Å². The van der Waals surface area contributed by atoms with Gasteiger partial charge in [0, 0.05) is 34.6 Å². The molecule has 3 rings (SSSR count). The van der Waals surface area contributed by atoms with Crippen LogP contribution in [0.25, 0.3) is 11.0 Å². The molecule has 0 radical (unpaired) electrons. The molecule has 1 unspecified atom stereocenters. The second-order valence-electron chi connectivity index (χ2n) is 5.97. The Kier molecular flexibility index (Phi) is 7.64. The Bertz CT molecular complexity index is 1030. The molecule has 1 aromatic carbocycles. The number of nitrogens with zero attached hydrogens (tertiary/aromatic N) is 2. The molecular formula is C17H22N3O7PS. The molecule has 2 aromatic heterocycles. The minimum atomic E-state index is -4.64. The first-order chi connectivity index (χ1) is 13.5. The molecule has 0 aliphatic heterocycles. The highest BCUT2D eigenvalue weighted by molar-refractivity contribution is 7.90. The van der Waals surface area contributed by atoms with Crippen molar-refractivity contribution in [2.45, 2.75) is 24.8 Å². The van der Waals surface area contributed by atoms with Gasteiger partial charge in [0.05, 0.1) is 30.9 Å². The van der Waals surface area contributed by atoms with E-state index in [0.717, 1.165) is 33.6 Å². The van der Waals surface area contributed by atoms with Crippen LogP contribution in [0.4, 0.5) is 0 Å². The molecule has 29 heavy (non-hydrogen) atoms. The average Bonchev–Trinajstić information content (AvgIpc) is 3.06. The number of ether oxygens (including phenoxy) is 2. The van der Waals surface area contributed by atoms with Gasteiger partial charge in [-0.2, -0.15) is 4.98 Å². The maximum Gasteiger partial charge on any atom is 0.466 e. The summed E-state index contributed by atoms with van der Waals surface area (Å²) in [5, 5.41) is 0.430. The Balaban J connectivity index is 0.000000537. The van der Waals surface area contributed by atoms with Crippen LogP contribution in [0.3, 0.4) is 0 Å². The van der Waals surface area contributed by atoms with Crippen LogP contribution in [0.2, 0.25) is 0 Å². The first-order valence-corrected chi connectivity index (χ1v) is 11.1. The lowest BCUT2D eigenvalue weighted by molar-refractivity contribution is 0.275. The summed E-state index contributed by atoms with van der Waals surface area (Å²) in [6.45, 7) is 3.86. The molecule has 158 valence electrons. The average molecular weight is 443 g/mol. The van der Waals surface area contributed by atoms with Gasteiger partial charge < -0.3 is 28.7 Å². The minimum Gasteiger partial charge on any atom is -0.609 e. The zero-order valence-electron chi connectivity index (χ0n) is 16.2. The molecule has 4 N–H and O–H groups in total. The summed E-state index contributed by atoms with van der Waals surface area (Å²) >= 11 is -1.33. The van der Waals surface area contributed by atoms with E-state index in [0.29, 0.717) is 10.9 Å². The predicted octanol–water partition coefficient (Wildman–Crippen LogP) is 1.97. The maximum atomic E-state index is 12.7. The number of aryl methyl sites for hydroxylation is 1. The van der Waals surface area contributed by atoms with Gasteiger partial charge in [-0.15, -0.1) is 0 Å². The lowest BCUT2D eigenvalue weighted by Gasteiger charge is -2.13. The van der Waals surface area contributed by atoms with Crippen molar-refractivity contribution in [1.29, 1.82) is 0 Å². The fourth-order valence-electron chi connectivity index (χ4n) is 2.61. The molecule has 0 amide bonds. The van der Waals surface area contributed by atoms with E-state index in [9.17, 15) is 4.55 Å². The number of methoxy groups -OCH3 is 2. The van der Waals surface area contributed by atoms with E-state index < -0.39 is 19.0 Å². The number of aromatic nitrogens is 3. The lowest BCUT2D eigenvalue weighted by atomic mass is 10.1. The van der Waals surface area contributed by atoms with Crippen molar-refractivity contribution in [2.75, 3.05) is 14.2 Å². The highest BCUT2D eigenvalue weighted by Gasteiger charge is 2.21. The largest absolute Gasteiger partial charge is 0.609 e. The topological polar surface area (TPSA) is 161 Å². The maximum absolute atomic E-state index is 12.7. The number of fused-ring (bicyclic) bond motifs is 1. The smallest absolute Gasteiger partial charge is 0.466 e. The summed E-state index contributed by atoms with van der Waals surface area (Å²) in [4.78, 5) is 33.5. The molecule has 1 atom stereocenters. The van der Waals surface area contributed by atoms with Gasteiger partial charge in [-0.25, -0.2) is 4.57 Å². The van der Waals surface area contributed by atoms with E-state index >= 15 is 0 Å². The van der Waals surface area contributed by atoms with Crippen molar-refractivity contribution in [2.24, 2.45) is 0 Å². The number of rotatable bonds is 5. The molecule has 2 heterocycles. The Hall–Kier alpha value is -2.14. The van der Waals surface area contributed by atoms with Crippen molar-refractivity contribution < 1.29 is 33.3 Å². The second-order valence-corrected chi connectivity index (χ2v) is 8.37. The molecule has 0 spiro atoms. The summed E-state index contributed by atoms with van der Waals surface area (Å²) in [5.74, 6) is 1.78. The predicted molar refractivity (Wildman–Crippen MR) is 107 cm³/mol. The first-order valence-electron chi connectivity index (χ1n) is 8.23. The summed E-state index contributed by atoms with van der Waals surface area (Å²) in [5.41, 5.74) is 4.16. The number of hydrogen-bond donors (Lipinski definition) is 4. The summed E-state index contributed by atoms with van der Waals surface area (Å²) in [7, 11) is -1.41. The molecule has 0 bridgehead atoms. The number of benzene rings is 1. The van der Waals surface area contributed by atoms with E-state index in [1.807, 2.05) is 32.0 Å². The van der Waals surface area contributed by atoms with E-state index in [1.165, 1.54) is 0 Å². The Morgan fingerprint density at radius 1 is 1.21 bits per heavy atom. The quantitative estimate of drug-likeness (QED) is 0.341. The summed E-state index contributed by atoms with van der Waals surface area (Å²) < 4.78 is 32.1. The van der Waals surface area contributed by atoms with Gasteiger partial charge in [0.25, 0.3) is 0 Å². The Morgan fingerprint density at radius 3 is 2.45 bits per heavy atom. The Labute approximate surface area is 170 Å². The molecular weight excluding hydrogens is 421 g/mol. The summed E-state index contributed by atoms with van der Waals surface area (Å²) in [6, 6.07) is 5.51. The lowest BCUT2D eigenvalue weighted by Crippen LogP contribution is -2.10. The van der Waals surface area contributed by atoms with Crippen LogP contribution in [0, 0.1) is 13.8 Å². The molecule has 0 aliphatic carbocycles. The molecule has 0 saturated heterocycles. The zero-order chi connectivity index (χ0) is 21.8. The first kappa shape index (κ1) is 23.1. The molecule has 0 fully saturated rings. The van der Waals surface area contributed by atoms with Crippen molar-refractivity contribution in [3.63, 3.8) is 0 Å². The third-order valence-corrected chi connectivity index (χ3v) is 5.06. The molecule has 0 aliphatic rings. The van der Waals surface area contributed by atoms with E-state index in [4.69, 9.17) is 28.7 Å². The van der Waals surface area contributed by atoms with E-state index in [2.05, 4.69) is 15.0 Å². The number of H-pyrrole nitrogens is 1. The number of nitrogens with one attached hydrogen (secondary N) is 1. The van der Waals surface area contributed by atoms with Crippen LogP contribution in [0.15, 0.2) is 29.6 Å². The summed E-state index contributed by atoms with van der Waals surface area (Å²) in [6.07, 6.45) is 1.74. The Morgan fingerprint density at radius 2 is 1.86 bits per heavy atom. The highest BCUT2D eigenvalue weighted by Crippen LogP contribution is 2.27. The number of hydrogen-bond acceptors (Lipinski definition) is 6. The van der Waals surface area contributed by atoms with Crippen molar-refractivity contribution in [1.82, 2.24) is 15.0 Å². The third-order valence-electron chi connectivity index (χ3n) is 3.90. The van der Waals surface area contributed by atoms with Gasteiger partial charge in [-0.1, -0.05) is 0 Å². The molecule has 3 aromatic rings. The molecule has 10 nitrogen and oxygen atoms in total. The van der Waals surface area contributed by atoms with Gasteiger partial charge in [0.1, 0.15) is 11.5 Å². The highest BCUT2D eigenvalue weighted by atomic mass is 32.2. The molecule has 0 saturated carbocycles. The fraction of sp³-hybridized carbons (Fsp3) is 0.294. The SMILES string of the molecule is COc1ccc2[nH]c([S+]([O-])Cc3ncc(C)c(OC)c3C)nc2c1.O=P(O)(O)O. The standard InChI is InChI=1S/C17H19N3O3S.H3O4P/c1-10-8-18-15(11(2)16(10)23-4)9-24(21)17-19-13-6-5-12(22-3)7-14(13)20-17;1-5(2,3)4/h5-8H,9H2,1-4H3,(H,19,20);(H3,1,2,3,4). The van der Waals surface area contributed by atoms with E-state index in [1.54, 1.807) is 20.4 Å². The van der Waals surface area contributed by atoms with Gasteiger partial charge in [-0.3, -0.25) is 9.97 Å². The number of imidazole rings is 1. The van der Waals surface area contributed by atoms with Crippen molar-refractivity contribution in [3.8, 4) is 11.5 Å². The monoisotopic (exact) mass is 443 g/mol. The van der Waals surface area contributed by atoms with E-state index in [-0.39, 0.29) is 5.75 Å². The van der Waals surface area contributed by atoms with Gasteiger partial charge in [0.15, 0.2) is 5.75 Å². The number of phosphoric acid groups is 1. The van der Waals surface area contributed by atoms with Crippen molar-refractivity contribution in [3.05, 3.63) is 41.2 Å². The van der Waals surface area contributed by atoms with Gasteiger partial charge in [-0.05, 0) is 26.0 Å². The fourth-order valence-corrected chi connectivity index (χ4v) is 3.71. The second kappa shape index (κ2) is 9.57. The number of pyridine rings is 1. The minimum absolute atomic E-state index is 0.277. The van der Waals surface area contributed by atoms with Crippen LogP contribution >= 0.6 is 7.82 Å². The van der Waals surface area contributed by atoms with Crippen LogP contribution in [0.5, 0.6) is 11.5 Å². The van der Waals surface area contributed by atoms with Crippen LogP contribution in [0.1, 0.15) is 16.8 Å². The zero-order valence-corrected chi connectivity index (χ0v) is 18.0. The van der Waals surface area contributed by atoms with Crippen LogP contribution in [-0.2, 0) is 21.5 Å². The normalized spacial score (nSPS) is 12.3. The third kappa shape index (κ3) is 6.43. The van der Waals surface area contributed by atoms with Crippen LogP contribution < -0.4 is 9.47 Å². The van der Waals surface area contributed by atoms with Crippen molar-refractivity contribution >= 4 is 30.0 Å².